The molecule has 2 aromatic carbocycles. The summed E-state index contributed by atoms with van der Waals surface area (Å²) >= 11 is 3.10. The minimum Gasteiger partial charge on any atom is -0.399 e. The predicted molar refractivity (Wildman–Crippen MR) is 161 cm³/mol. The van der Waals surface area contributed by atoms with Gasteiger partial charge in [0.2, 0.25) is 5.88 Å². The van der Waals surface area contributed by atoms with E-state index in [0.717, 1.165) is 26.2 Å². The van der Waals surface area contributed by atoms with Gasteiger partial charge in [0.1, 0.15) is 4.70 Å². The number of nitrogens with zero attached hydrogens (tertiary/aromatic N) is 3. The molecule has 0 unspecified atom stereocenters. The van der Waals surface area contributed by atoms with E-state index in [2.05, 4.69) is 89.0 Å². The third kappa shape index (κ3) is 5.47. The molecule has 0 saturated carbocycles. The van der Waals surface area contributed by atoms with E-state index in [1.54, 1.807) is 23.7 Å². The van der Waals surface area contributed by atoms with Crippen LogP contribution in [0.5, 0.6) is 5.88 Å². The highest BCUT2D eigenvalue weighted by Gasteiger charge is 2.21. The highest BCUT2D eigenvalue weighted by molar-refractivity contribution is 7.95. The molecule has 5 aromatic rings. The largest absolute Gasteiger partial charge is 0.399 e. The number of benzene rings is 2. The Bertz CT molecular complexity index is 1510. The highest BCUT2D eigenvalue weighted by Crippen LogP contribution is 2.43. The molecule has 5 rings (SSSR count). The summed E-state index contributed by atoms with van der Waals surface area (Å²) in [5.41, 5.74) is 6.97. The van der Waals surface area contributed by atoms with E-state index >= 15 is 0 Å². The molecule has 4 nitrogen and oxygen atoms in total. The first-order valence-corrected chi connectivity index (χ1v) is 14.7. The summed E-state index contributed by atoms with van der Waals surface area (Å²) in [6.07, 6.45) is 3.53. The van der Waals surface area contributed by atoms with E-state index in [-0.39, 0.29) is 0 Å². The average Bonchev–Trinajstić information content (AvgIpc) is 3.36. The smallest absolute Gasteiger partial charge is 0.250 e. The summed E-state index contributed by atoms with van der Waals surface area (Å²) in [6, 6.07) is 21.1. The van der Waals surface area contributed by atoms with Gasteiger partial charge in [-0.05, 0) is 58.2 Å². The molecule has 0 aliphatic rings. The van der Waals surface area contributed by atoms with Gasteiger partial charge in [0.15, 0.2) is 5.82 Å². The van der Waals surface area contributed by atoms with Crippen LogP contribution in [-0.4, -0.2) is 15.0 Å². The van der Waals surface area contributed by atoms with Gasteiger partial charge in [-0.3, -0.25) is 4.98 Å². The van der Waals surface area contributed by atoms with Gasteiger partial charge in [-0.15, -0.1) is 11.3 Å². The molecular formula is C32H33N3OS2. The van der Waals surface area contributed by atoms with Crippen molar-refractivity contribution in [2.75, 3.05) is 0 Å². The summed E-state index contributed by atoms with van der Waals surface area (Å²) in [4.78, 5) is 16.3. The molecule has 0 amide bonds. The van der Waals surface area contributed by atoms with E-state index < -0.39 is 0 Å². The summed E-state index contributed by atoms with van der Waals surface area (Å²) < 4.78 is 7.51. The lowest BCUT2D eigenvalue weighted by Crippen LogP contribution is -2.04. The Morgan fingerprint density at radius 1 is 0.737 bits per heavy atom. The molecule has 3 heterocycles. The number of thiophene rings is 1. The maximum Gasteiger partial charge on any atom is 0.250 e. The van der Waals surface area contributed by atoms with Gasteiger partial charge in [-0.2, -0.15) is 4.98 Å². The lowest BCUT2D eigenvalue weighted by Gasteiger charge is -2.21. The first-order valence-electron chi connectivity index (χ1n) is 13.1. The van der Waals surface area contributed by atoms with Gasteiger partial charge in [0.05, 0.1) is 22.5 Å². The molecule has 0 N–H and O–H groups in total. The SMILES string of the molecule is CC(C)c1cc(C(C)C)c(SOc2nc(-c3ccncc3)nc3cc(-c4ccccc4)sc23)c(C(C)C)c1. The quantitative estimate of drug-likeness (QED) is 0.184. The van der Waals surface area contributed by atoms with Gasteiger partial charge in [0.25, 0.3) is 0 Å². The highest BCUT2D eigenvalue weighted by atomic mass is 32.2. The van der Waals surface area contributed by atoms with E-state index in [9.17, 15) is 0 Å². The lowest BCUT2D eigenvalue weighted by molar-refractivity contribution is 0.621. The average molecular weight is 540 g/mol. The minimum atomic E-state index is 0.376. The summed E-state index contributed by atoms with van der Waals surface area (Å²) in [7, 11) is 0. The molecule has 194 valence electrons. The van der Waals surface area contributed by atoms with Crippen molar-refractivity contribution in [3.05, 3.63) is 89.7 Å². The Kier molecular flexibility index (Phi) is 7.82. The molecule has 0 bridgehead atoms. The van der Waals surface area contributed by atoms with Crippen LogP contribution in [0.4, 0.5) is 0 Å². The molecule has 0 radical (unpaired) electrons. The zero-order valence-corrected chi connectivity index (χ0v) is 24.4. The molecule has 38 heavy (non-hydrogen) atoms. The molecule has 0 spiro atoms. The molecule has 0 aliphatic heterocycles. The van der Waals surface area contributed by atoms with E-state index in [0.29, 0.717) is 29.5 Å². The van der Waals surface area contributed by atoms with Crippen LogP contribution >= 0.6 is 23.4 Å². The Morgan fingerprint density at radius 2 is 1.39 bits per heavy atom. The van der Waals surface area contributed by atoms with Crippen LogP contribution in [0.1, 0.15) is 76.0 Å². The van der Waals surface area contributed by atoms with Crippen molar-refractivity contribution in [3.8, 4) is 27.7 Å². The number of rotatable bonds is 8. The maximum atomic E-state index is 6.56. The van der Waals surface area contributed by atoms with Crippen molar-refractivity contribution in [1.82, 2.24) is 15.0 Å². The van der Waals surface area contributed by atoms with Gasteiger partial charge in [0, 0.05) is 22.8 Å². The molecule has 0 aliphatic carbocycles. The minimum absolute atomic E-state index is 0.376. The molecule has 6 heteroatoms. The van der Waals surface area contributed by atoms with E-state index in [1.807, 2.05) is 18.2 Å². The number of pyridine rings is 1. The first-order chi connectivity index (χ1) is 18.3. The molecule has 3 aromatic heterocycles. The van der Waals surface area contributed by atoms with Crippen LogP contribution in [0.25, 0.3) is 32.0 Å². The van der Waals surface area contributed by atoms with Crippen LogP contribution in [0.15, 0.2) is 78.0 Å². The number of fused-ring (bicyclic) bond motifs is 1. The Morgan fingerprint density at radius 3 is 2.00 bits per heavy atom. The van der Waals surface area contributed by atoms with E-state index in [1.165, 1.54) is 33.6 Å². The summed E-state index contributed by atoms with van der Waals surface area (Å²) in [5.74, 6) is 2.45. The second-order valence-electron chi connectivity index (χ2n) is 10.4. The van der Waals surface area contributed by atoms with Crippen LogP contribution in [0.2, 0.25) is 0 Å². The van der Waals surface area contributed by atoms with Crippen molar-refractivity contribution in [2.45, 2.75) is 64.2 Å². The summed E-state index contributed by atoms with van der Waals surface area (Å²) in [5, 5.41) is 0. The Hall–Kier alpha value is -3.22. The standard InChI is InChI=1S/C32H33N3OS2/c1-19(2)24-16-25(20(3)4)29(26(17-24)21(5)6)38-36-32-30-27(18-28(37-30)22-10-8-7-9-11-22)34-31(35-32)23-12-14-33-15-13-23/h7-21H,1-6H3. The summed E-state index contributed by atoms with van der Waals surface area (Å²) in [6.45, 7) is 13.5. The second-order valence-corrected chi connectivity index (χ2v) is 12.2. The number of hydrogen-bond donors (Lipinski definition) is 0. The zero-order chi connectivity index (χ0) is 26.8. The van der Waals surface area contributed by atoms with Crippen LogP contribution in [-0.2, 0) is 0 Å². The molecule has 0 saturated heterocycles. The lowest BCUT2D eigenvalue weighted by atomic mass is 9.89. The van der Waals surface area contributed by atoms with Crippen molar-refractivity contribution in [2.24, 2.45) is 0 Å². The molecular weight excluding hydrogens is 507 g/mol. The van der Waals surface area contributed by atoms with Gasteiger partial charge in [-0.25, -0.2) is 4.98 Å². The van der Waals surface area contributed by atoms with Crippen molar-refractivity contribution in [3.63, 3.8) is 0 Å². The second kappa shape index (κ2) is 11.3. The van der Waals surface area contributed by atoms with Crippen LogP contribution in [0.3, 0.4) is 0 Å². The van der Waals surface area contributed by atoms with E-state index in [4.69, 9.17) is 14.2 Å². The van der Waals surface area contributed by atoms with Gasteiger partial charge < -0.3 is 4.18 Å². The molecule has 0 atom stereocenters. The maximum absolute atomic E-state index is 6.56. The van der Waals surface area contributed by atoms with Crippen LogP contribution in [0, 0.1) is 0 Å². The fourth-order valence-electron chi connectivity index (χ4n) is 4.40. The van der Waals surface area contributed by atoms with Crippen molar-refractivity contribution in [1.29, 1.82) is 0 Å². The van der Waals surface area contributed by atoms with Crippen molar-refractivity contribution < 1.29 is 4.18 Å². The van der Waals surface area contributed by atoms with Crippen LogP contribution < -0.4 is 4.18 Å². The number of hydrogen-bond acceptors (Lipinski definition) is 6. The third-order valence-corrected chi connectivity index (χ3v) is 8.66. The Balaban J connectivity index is 1.61. The monoisotopic (exact) mass is 539 g/mol. The topological polar surface area (TPSA) is 47.9 Å². The Labute approximate surface area is 233 Å². The fraction of sp³-hybridized carbons (Fsp3) is 0.281. The van der Waals surface area contributed by atoms with Gasteiger partial charge in [-0.1, -0.05) is 84.0 Å². The normalized spacial score (nSPS) is 11.7. The third-order valence-electron chi connectivity index (χ3n) is 6.62. The fourth-order valence-corrected chi connectivity index (χ4v) is 6.55. The van der Waals surface area contributed by atoms with Crippen molar-refractivity contribution >= 4 is 33.6 Å². The predicted octanol–water partition coefficient (Wildman–Crippen LogP) is 9.88. The van der Waals surface area contributed by atoms with Gasteiger partial charge >= 0.3 is 0 Å². The first kappa shape index (κ1) is 26.4. The number of aromatic nitrogens is 3. The molecule has 0 fully saturated rings. The zero-order valence-electron chi connectivity index (χ0n) is 22.7.